The van der Waals surface area contributed by atoms with Crippen LogP contribution in [0.3, 0.4) is 0 Å². The van der Waals surface area contributed by atoms with Gasteiger partial charge in [-0.15, -0.1) is 0 Å². The van der Waals surface area contributed by atoms with Crippen LogP contribution in [0.2, 0.25) is 0 Å². The molecule has 37 heavy (non-hydrogen) atoms. The molecule has 6 rings (SSSR count). The molecule has 3 aromatic rings. The Morgan fingerprint density at radius 2 is 1.92 bits per heavy atom. The molecular weight excluding hydrogens is 462 g/mol. The molecule has 3 aliphatic rings. The number of methoxy groups -OCH3 is 1. The van der Waals surface area contributed by atoms with Gasteiger partial charge in [0.05, 0.1) is 24.7 Å². The first kappa shape index (κ1) is 24.2. The number of ether oxygens (including phenoxy) is 1. The predicted octanol–water partition coefficient (Wildman–Crippen LogP) is 4.27. The number of carbonyl (C=O) groups excluding carboxylic acids is 2. The van der Waals surface area contributed by atoms with Crippen molar-refractivity contribution in [3.8, 4) is 0 Å². The second-order valence-corrected chi connectivity index (χ2v) is 11.4. The van der Waals surface area contributed by atoms with E-state index < -0.39 is 0 Å². The van der Waals surface area contributed by atoms with Crippen molar-refractivity contribution in [3.63, 3.8) is 0 Å². The maximum absolute atomic E-state index is 13.6. The number of Topliss-reactive ketones (excluding diaryl/α,β-unsaturated/α-hetero) is 1. The normalized spacial score (nSPS) is 21.7. The fourth-order valence-corrected chi connectivity index (χ4v) is 7.21. The molecule has 1 unspecified atom stereocenters. The van der Waals surface area contributed by atoms with Crippen LogP contribution in [-0.2, 0) is 9.53 Å². The van der Waals surface area contributed by atoms with E-state index in [1.807, 2.05) is 19.0 Å². The number of H-pyrrole nitrogens is 1. The second kappa shape index (κ2) is 9.64. The smallest absolute Gasteiger partial charge is 0.340 e. The summed E-state index contributed by atoms with van der Waals surface area (Å²) < 4.78 is 7.49. The van der Waals surface area contributed by atoms with E-state index in [2.05, 4.69) is 40.0 Å². The number of hydrogen-bond acceptors (Lipinski definition) is 4. The summed E-state index contributed by atoms with van der Waals surface area (Å²) in [6.07, 6.45) is 13.0. The molecule has 2 saturated carbocycles. The van der Waals surface area contributed by atoms with E-state index in [9.17, 15) is 9.59 Å². The number of aromatic nitrogens is 2. The maximum atomic E-state index is 13.6. The third-order valence-corrected chi connectivity index (χ3v) is 8.81. The molecule has 1 aromatic carbocycles. The summed E-state index contributed by atoms with van der Waals surface area (Å²) in [6, 6.07) is 9.00. The minimum atomic E-state index is -0.339. The molecule has 1 aliphatic heterocycles. The van der Waals surface area contributed by atoms with E-state index in [0.717, 1.165) is 29.8 Å². The lowest BCUT2D eigenvalue weighted by atomic mass is 9.72. The third-order valence-electron chi connectivity index (χ3n) is 8.81. The number of ketones is 1. The number of hydrogen-bond donors (Lipinski definition) is 1. The first-order valence-corrected chi connectivity index (χ1v) is 13.8. The van der Waals surface area contributed by atoms with Crippen molar-refractivity contribution in [2.75, 3.05) is 27.7 Å². The quantitative estimate of drug-likeness (QED) is 0.533. The van der Waals surface area contributed by atoms with Gasteiger partial charge in [0.25, 0.3) is 0 Å². The highest BCUT2D eigenvalue weighted by atomic mass is 16.5. The highest BCUT2D eigenvalue weighted by Gasteiger charge is 2.39. The van der Waals surface area contributed by atoms with Crippen LogP contribution in [0.4, 0.5) is 0 Å². The average Bonchev–Trinajstić information content (AvgIpc) is 3.46. The maximum Gasteiger partial charge on any atom is 0.340 e. The molecule has 2 atom stereocenters. The van der Waals surface area contributed by atoms with Crippen molar-refractivity contribution in [2.45, 2.75) is 63.2 Å². The van der Waals surface area contributed by atoms with Gasteiger partial charge in [-0.05, 0) is 69.3 Å². The SMILES string of the molecule is COC(=O)c1c[nH]c2c1=Cn1c(cc3cccc(C4CCCCC4)c31)[C@@H]1C=2CCCC1C(=O)CN(C)C. The van der Waals surface area contributed by atoms with Gasteiger partial charge in [0.15, 0.2) is 5.78 Å². The number of benzene rings is 1. The molecule has 0 radical (unpaired) electrons. The lowest BCUT2D eigenvalue weighted by Crippen LogP contribution is -2.37. The van der Waals surface area contributed by atoms with Crippen LogP contribution in [-0.4, -0.2) is 54.0 Å². The van der Waals surface area contributed by atoms with E-state index >= 15 is 0 Å². The number of nitrogens with zero attached hydrogens (tertiary/aromatic N) is 2. The van der Waals surface area contributed by atoms with E-state index in [1.165, 1.54) is 66.9 Å². The van der Waals surface area contributed by atoms with Gasteiger partial charge in [-0.3, -0.25) is 4.79 Å². The number of nitrogens with one attached hydrogen (secondary N) is 1. The number of fused-ring (bicyclic) bond motifs is 6. The standard InChI is InChI=1S/C31H37N3O3/c1-33(2)18-27(35)22-13-8-14-23-28(22)26-15-20-11-7-12-21(19-9-5-4-6-10-19)30(20)34(26)17-25-24(31(36)37-3)16-32-29(23)25/h7,11-12,15-17,19,22,28,32H,4-6,8-10,13-14,18H2,1-3H3/t22?,28-/m0/s1. The third kappa shape index (κ3) is 4.06. The summed E-state index contributed by atoms with van der Waals surface area (Å²) in [7, 11) is 5.36. The summed E-state index contributed by atoms with van der Waals surface area (Å²) in [4.78, 5) is 31.8. The van der Waals surface area contributed by atoms with Gasteiger partial charge in [-0.25, -0.2) is 4.79 Å². The summed E-state index contributed by atoms with van der Waals surface area (Å²) >= 11 is 0. The van der Waals surface area contributed by atoms with Crippen molar-refractivity contribution in [1.82, 2.24) is 14.5 Å². The largest absolute Gasteiger partial charge is 0.465 e. The number of rotatable bonds is 5. The van der Waals surface area contributed by atoms with Crippen LogP contribution in [0.1, 0.15) is 84.8 Å². The Hall–Kier alpha value is -3.12. The van der Waals surface area contributed by atoms with Crippen molar-refractivity contribution >= 4 is 34.4 Å². The van der Waals surface area contributed by atoms with Gasteiger partial charge in [-0.2, -0.15) is 0 Å². The van der Waals surface area contributed by atoms with E-state index in [-0.39, 0.29) is 17.8 Å². The Labute approximate surface area is 218 Å². The Morgan fingerprint density at radius 1 is 1.11 bits per heavy atom. The Morgan fingerprint density at radius 3 is 2.68 bits per heavy atom. The number of likely N-dealkylation sites (N-methyl/N-ethyl adjacent to an activating group) is 1. The monoisotopic (exact) mass is 499 g/mol. The molecule has 0 spiro atoms. The fraction of sp³-hybridized carbons (Fsp3) is 0.484. The van der Waals surface area contributed by atoms with Crippen molar-refractivity contribution in [1.29, 1.82) is 0 Å². The van der Waals surface area contributed by atoms with Crippen LogP contribution in [0.5, 0.6) is 0 Å². The van der Waals surface area contributed by atoms with Gasteiger partial charge >= 0.3 is 5.97 Å². The zero-order valence-corrected chi connectivity index (χ0v) is 22.2. The molecule has 2 fully saturated rings. The van der Waals surface area contributed by atoms with Gasteiger partial charge in [0.2, 0.25) is 0 Å². The Bertz CT molecular complexity index is 1490. The van der Waals surface area contributed by atoms with Crippen LogP contribution in [0.25, 0.3) is 22.7 Å². The number of aromatic amines is 1. The van der Waals surface area contributed by atoms with E-state index in [4.69, 9.17) is 4.74 Å². The van der Waals surface area contributed by atoms with Gasteiger partial charge in [-0.1, -0.05) is 37.5 Å². The topological polar surface area (TPSA) is 67.3 Å². The molecule has 0 saturated heterocycles. The average molecular weight is 500 g/mol. The molecule has 1 N–H and O–H groups in total. The molecule has 0 amide bonds. The fourth-order valence-electron chi connectivity index (χ4n) is 7.21. The van der Waals surface area contributed by atoms with Crippen LogP contribution >= 0.6 is 0 Å². The first-order chi connectivity index (χ1) is 18.0. The molecule has 6 nitrogen and oxygen atoms in total. The zero-order valence-electron chi connectivity index (χ0n) is 22.2. The number of esters is 1. The molecule has 2 aliphatic carbocycles. The van der Waals surface area contributed by atoms with Crippen LogP contribution in [0.15, 0.2) is 30.5 Å². The van der Waals surface area contributed by atoms with Gasteiger partial charge < -0.3 is 19.2 Å². The number of carbonyl (C=O) groups is 2. The van der Waals surface area contributed by atoms with E-state index in [0.29, 0.717) is 23.8 Å². The van der Waals surface area contributed by atoms with Crippen molar-refractivity contribution < 1.29 is 14.3 Å². The van der Waals surface area contributed by atoms with Crippen molar-refractivity contribution in [3.05, 3.63) is 57.9 Å². The minimum Gasteiger partial charge on any atom is -0.465 e. The van der Waals surface area contributed by atoms with Gasteiger partial charge in [0.1, 0.15) is 0 Å². The van der Waals surface area contributed by atoms with Gasteiger partial charge in [0, 0.05) is 45.9 Å². The number of para-hydroxylation sites is 1. The predicted molar refractivity (Wildman–Crippen MR) is 146 cm³/mol. The first-order valence-electron chi connectivity index (χ1n) is 13.8. The minimum absolute atomic E-state index is 0.0190. The highest BCUT2D eigenvalue weighted by Crippen LogP contribution is 2.46. The zero-order chi connectivity index (χ0) is 25.7. The Balaban J connectivity index is 1.65. The molecule has 194 valence electrons. The van der Waals surface area contributed by atoms with E-state index in [1.54, 1.807) is 6.20 Å². The van der Waals surface area contributed by atoms with Crippen LogP contribution in [0, 0.1) is 5.92 Å². The molecule has 0 bridgehead atoms. The molecule has 3 heterocycles. The lowest BCUT2D eigenvalue weighted by Gasteiger charge is -2.33. The summed E-state index contributed by atoms with van der Waals surface area (Å²) in [6.45, 7) is 0.441. The summed E-state index contributed by atoms with van der Waals surface area (Å²) in [5.74, 6) is 0.389. The molecule has 2 aromatic heterocycles. The lowest BCUT2D eigenvalue weighted by molar-refractivity contribution is -0.124. The molecule has 6 heteroatoms. The second-order valence-electron chi connectivity index (χ2n) is 11.4. The van der Waals surface area contributed by atoms with Crippen LogP contribution < -0.4 is 10.6 Å². The summed E-state index contributed by atoms with van der Waals surface area (Å²) in [5.41, 5.74) is 5.59. The highest BCUT2D eigenvalue weighted by molar-refractivity contribution is 5.93. The molecular formula is C31H37N3O3. The summed E-state index contributed by atoms with van der Waals surface area (Å²) in [5, 5.41) is 3.08. The van der Waals surface area contributed by atoms with Crippen molar-refractivity contribution in [2.24, 2.45) is 5.92 Å². The Kier molecular flexibility index (Phi) is 6.31.